The van der Waals surface area contributed by atoms with Gasteiger partial charge in [-0.15, -0.1) is 0 Å². The number of rotatable bonds is 2. The van der Waals surface area contributed by atoms with E-state index in [1.54, 1.807) is 0 Å². The molecule has 0 amide bonds. The first-order chi connectivity index (χ1) is 7.74. The molecule has 0 bridgehead atoms. The number of anilines is 1. The van der Waals surface area contributed by atoms with E-state index in [1.165, 1.54) is 0 Å². The minimum atomic E-state index is -0.118. The Balaban J connectivity index is 2.33. The molecule has 0 aliphatic heterocycles. The van der Waals surface area contributed by atoms with Crippen LogP contribution in [0.3, 0.4) is 0 Å². The van der Waals surface area contributed by atoms with Gasteiger partial charge in [0.15, 0.2) is 0 Å². The Kier molecular flexibility index (Phi) is 3.13. The molecule has 16 heavy (non-hydrogen) atoms. The molecule has 2 rings (SSSR count). The number of esters is 1. The zero-order chi connectivity index (χ0) is 11.5. The second-order valence-electron chi connectivity index (χ2n) is 4.11. The van der Waals surface area contributed by atoms with Crippen LogP contribution in [0.25, 0.3) is 0 Å². The predicted octanol–water partition coefficient (Wildman–Crippen LogP) is 2.25. The van der Waals surface area contributed by atoms with Crippen LogP contribution in [0.2, 0.25) is 0 Å². The Morgan fingerprint density at radius 1 is 1.56 bits per heavy atom. The maximum atomic E-state index is 11.8. The van der Waals surface area contributed by atoms with Crippen LogP contribution in [0.15, 0.2) is 18.2 Å². The number of carbonyl (C=O) groups excluding carboxylic acids is 1. The second kappa shape index (κ2) is 4.56. The standard InChI is InChI=1S/C13H17NO2/c1-2-16-13(15)11-7-3-6-10-9(11)5-4-8-12(10)14/h4-5,8,11H,2-3,6-7,14H2,1H3. The van der Waals surface area contributed by atoms with Gasteiger partial charge in [-0.05, 0) is 43.4 Å². The molecule has 1 aromatic rings. The maximum absolute atomic E-state index is 11.8. The molecule has 0 heterocycles. The molecular weight excluding hydrogens is 202 g/mol. The fourth-order valence-corrected chi connectivity index (χ4v) is 2.36. The first-order valence-corrected chi connectivity index (χ1v) is 5.78. The van der Waals surface area contributed by atoms with Crippen LogP contribution in [0, 0.1) is 0 Å². The zero-order valence-electron chi connectivity index (χ0n) is 9.53. The average Bonchev–Trinajstić information content (AvgIpc) is 2.29. The fraction of sp³-hybridized carbons (Fsp3) is 0.462. The highest BCUT2D eigenvalue weighted by Gasteiger charge is 2.28. The number of fused-ring (bicyclic) bond motifs is 1. The molecule has 0 aromatic heterocycles. The monoisotopic (exact) mass is 219 g/mol. The molecule has 0 spiro atoms. The van der Waals surface area contributed by atoms with Crippen LogP contribution in [0.5, 0.6) is 0 Å². The van der Waals surface area contributed by atoms with Gasteiger partial charge < -0.3 is 10.5 Å². The van der Waals surface area contributed by atoms with E-state index in [1.807, 2.05) is 25.1 Å². The lowest BCUT2D eigenvalue weighted by atomic mass is 9.82. The van der Waals surface area contributed by atoms with E-state index in [0.29, 0.717) is 6.61 Å². The summed E-state index contributed by atoms with van der Waals surface area (Å²) < 4.78 is 5.10. The minimum Gasteiger partial charge on any atom is -0.466 e. The van der Waals surface area contributed by atoms with Crippen molar-refractivity contribution in [2.24, 2.45) is 0 Å². The van der Waals surface area contributed by atoms with Crippen LogP contribution in [-0.4, -0.2) is 12.6 Å². The Morgan fingerprint density at radius 3 is 3.12 bits per heavy atom. The molecule has 1 aliphatic carbocycles. The van der Waals surface area contributed by atoms with E-state index in [9.17, 15) is 4.79 Å². The average molecular weight is 219 g/mol. The van der Waals surface area contributed by atoms with Crippen molar-refractivity contribution in [3.63, 3.8) is 0 Å². The molecule has 1 aromatic carbocycles. The van der Waals surface area contributed by atoms with E-state index in [4.69, 9.17) is 10.5 Å². The quantitative estimate of drug-likeness (QED) is 0.613. The summed E-state index contributed by atoms with van der Waals surface area (Å²) in [5, 5.41) is 0. The topological polar surface area (TPSA) is 52.3 Å². The molecule has 2 N–H and O–H groups in total. The lowest BCUT2D eigenvalue weighted by Crippen LogP contribution is -2.21. The van der Waals surface area contributed by atoms with E-state index < -0.39 is 0 Å². The van der Waals surface area contributed by atoms with Crippen molar-refractivity contribution in [2.45, 2.75) is 32.1 Å². The highest BCUT2D eigenvalue weighted by Crippen LogP contribution is 2.35. The highest BCUT2D eigenvalue weighted by atomic mass is 16.5. The van der Waals surface area contributed by atoms with E-state index in [0.717, 1.165) is 36.1 Å². The molecular formula is C13H17NO2. The fourth-order valence-electron chi connectivity index (χ4n) is 2.36. The summed E-state index contributed by atoms with van der Waals surface area (Å²) in [5.41, 5.74) is 8.91. The maximum Gasteiger partial charge on any atom is 0.313 e. The van der Waals surface area contributed by atoms with Crippen molar-refractivity contribution in [1.82, 2.24) is 0 Å². The van der Waals surface area contributed by atoms with Gasteiger partial charge >= 0.3 is 5.97 Å². The van der Waals surface area contributed by atoms with Crippen molar-refractivity contribution in [2.75, 3.05) is 12.3 Å². The molecule has 86 valence electrons. The molecule has 0 saturated carbocycles. The van der Waals surface area contributed by atoms with Crippen LogP contribution in [0.1, 0.15) is 36.8 Å². The minimum absolute atomic E-state index is 0.117. The van der Waals surface area contributed by atoms with Gasteiger partial charge in [-0.2, -0.15) is 0 Å². The number of benzene rings is 1. The lowest BCUT2D eigenvalue weighted by molar-refractivity contribution is -0.145. The van der Waals surface area contributed by atoms with Gasteiger partial charge in [0.25, 0.3) is 0 Å². The molecule has 1 aliphatic rings. The largest absolute Gasteiger partial charge is 0.466 e. The van der Waals surface area contributed by atoms with Gasteiger partial charge in [-0.25, -0.2) is 0 Å². The number of nitrogens with two attached hydrogens (primary N) is 1. The van der Waals surface area contributed by atoms with E-state index in [-0.39, 0.29) is 11.9 Å². The smallest absolute Gasteiger partial charge is 0.313 e. The van der Waals surface area contributed by atoms with Gasteiger partial charge in [0.05, 0.1) is 12.5 Å². The molecule has 3 nitrogen and oxygen atoms in total. The number of hydrogen-bond donors (Lipinski definition) is 1. The first-order valence-electron chi connectivity index (χ1n) is 5.78. The summed E-state index contributed by atoms with van der Waals surface area (Å²) in [5.74, 6) is -0.235. The Morgan fingerprint density at radius 2 is 2.38 bits per heavy atom. The van der Waals surface area contributed by atoms with E-state index >= 15 is 0 Å². The second-order valence-corrected chi connectivity index (χ2v) is 4.11. The van der Waals surface area contributed by atoms with Crippen molar-refractivity contribution in [3.8, 4) is 0 Å². The summed E-state index contributed by atoms with van der Waals surface area (Å²) >= 11 is 0. The van der Waals surface area contributed by atoms with Crippen LogP contribution >= 0.6 is 0 Å². The third kappa shape index (κ3) is 1.90. The predicted molar refractivity (Wildman–Crippen MR) is 63.2 cm³/mol. The number of ether oxygens (including phenoxy) is 1. The van der Waals surface area contributed by atoms with Gasteiger partial charge in [0.1, 0.15) is 0 Å². The van der Waals surface area contributed by atoms with Crippen LogP contribution in [-0.2, 0) is 16.0 Å². The summed E-state index contributed by atoms with van der Waals surface area (Å²) in [4.78, 5) is 11.8. The molecule has 1 unspecified atom stereocenters. The third-order valence-electron chi connectivity index (χ3n) is 3.11. The van der Waals surface area contributed by atoms with Crippen molar-refractivity contribution in [1.29, 1.82) is 0 Å². The van der Waals surface area contributed by atoms with Gasteiger partial charge in [0, 0.05) is 5.69 Å². The van der Waals surface area contributed by atoms with Gasteiger partial charge in [-0.3, -0.25) is 4.79 Å². The third-order valence-corrected chi connectivity index (χ3v) is 3.11. The van der Waals surface area contributed by atoms with Crippen molar-refractivity contribution in [3.05, 3.63) is 29.3 Å². The molecule has 3 heteroatoms. The number of hydrogen-bond acceptors (Lipinski definition) is 3. The van der Waals surface area contributed by atoms with Crippen LogP contribution < -0.4 is 5.73 Å². The lowest BCUT2D eigenvalue weighted by Gasteiger charge is -2.24. The highest BCUT2D eigenvalue weighted by molar-refractivity contribution is 5.80. The van der Waals surface area contributed by atoms with Gasteiger partial charge in [0.2, 0.25) is 0 Å². The van der Waals surface area contributed by atoms with Crippen molar-refractivity contribution >= 4 is 11.7 Å². The van der Waals surface area contributed by atoms with Crippen LogP contribution in [0.4, 0.5) is 5.69 Å². The Bertz CT molecular complexity index is 401. The summed E-state index contributed by atoms with van der Waals surface area (Å²) in [6, 6.07) is 5.80. The summed E-state index contributed by atoms with van der Waals surface area (Å²) in [6.07, 6.45) is 2.85. The zero-order valence-corrected chi connectivity index (χ0v) is 9.53. The Labute approximate surface area is 95.6 Å². The van der Waals surface area contributed by atoms with Crippen molar-refractivity contribution < 1.29 is 9.53 Å². The summed E-state index contributed by atoms with van der Waals surface area (Å²) in [6.45, 7) is 2.27. The molecule has 1 atom stereocenters. The molecule has 0 radical (unpaired) electrons. The Hall–Kier alpha value is -1.51. The van der Waals surface area contributed by atoms with Gasteiger partial charge in [-0.1, -0.05) is 12.1 Å². The number of nitrogen functional groups attached to an aromatic ring is 1. The molecule has 0 saturated heterocycles. The summed E-state index contributed by atoms with van der Waals surface area (Å²) in [7, 11) is 0. The van der Waals surface area contributed by atoms with E-state index in [2.05, 4.69) is 0 Å². The SMILES string of the molecule is CCOC(=O)C1CCCc2c(N)cccc21. The first kappa shape index (κ1) is 11.0. The number of carbonyl (C=O) groups is 1. The normalized spacial score (nSPS) is 18.9. The molecule has 0 fully saturated rings.